The Morgan fingerprint density at radius 1 is 0.667 bits per heavy atom. The van der Waals surface area contributed by atoms with E-state index in [1.165, 1.54) is 31.8 Å². The van der Waals surface area contributed by atoms with Crippen LogP contribution in [0.1, 0.15) is 38.5 Å². The number of nitrogens with one attached hydrogen (secondary N) is 2. The predicted octanol–water partition coefficient (Wildman–Crippen LogP) is 5.13. The quantitative estimate of drug-likeness (QED) is 0.238. The van der Waals surface area contributed by atoms with Crippen molar-refractivity contribution in [3.05, 3.63) is 67.9 Å². The van der Waals surface area contributed by atoms with Gasteiger partial charge >= 0.3 is 9.75 Å². The van der Waals surface area contributed by atoms with E-state index in [1.807, 2.05) is 48.5 Å². The van der Waals surface area contributed by atoms with Gasteiger partial charge in [0.2, 0.25) is 0 Å². The van der Waals surface area contributed by atoms with E-state index in [9.17, 15) is 9.59 Å². The minimum atomic E-state index is -0.108. The summed E-state index contributed by atoms with van der Waals surface area (Å²) in [5.74, 6) is 0.669. The average Bonchev–Trinajstić information content (AvgIpc) is 3.25. The van der Waals surface area contributed by atoms with E-state index >= 15 is 0 Å². The molecule has 0 fully saturated rings. The summed E-state index contributed by atoms with van der Waals surface area (Å²) in [4.78, 5) is 24.2. The van der Waals surface area contributed by atoms with Crippen molar-refractivity contribution < 1.29 is 0 Å². The van der Waals surface area contributed by atoms with Crippen molar-refractivity contribution in [3.8, 4) is 0 Å². The van der Waals surface area contributed by atoms with Gasteiger partial charge in [-0.15, -0.1) is 0 Å². The average molecular weight is 439 g/mol. The van der Waals surface area contributed by atoms with Crippen LogP contribution in [0.4, 0.5) is 0 Å². The Morgan fingerprint density at radius 2 is 1.07 bits per heavy atom. The fourth-order valence-corrected chi connectivity index (χ4v) is 5.40. The Hall–Kier alpha value is -2.84. The number of thiazole rings is 2. The lowest BCUT2D eigenvalue weighted by atomic mass is 10.1. The van der Waals surface area contributed by atoms with Crippen LogP contribution in [0.2, 0.25) is 0 Å². The molecule has 4 rings (SSSR count). The van der Waals surface area contributed by atoms with Gasteiger partial charge in [-0.3, -0.25) is 29.5 Å². The number of hydrogen-bond donors (Lipinski definition) is 2. The summed E-state index contributed by atoms with van der Waals surface area (Å²) in [5, 5.41) is 16.6. The zero-order chi connectivity index (χ0) is 21.1. The smallest absolute Gasteiger partial charge is 0.288 e. The van der Waals surface area contributed by atoms with Crippen molar-refractivity contribution in [2.24, 2.45) is 0 Å². The Morgan fingerprint density at radius 3 is 1.50 bits per heavy atom. The van der Waals surface area contributed by atoms with Gasteiger partial charge in [-0.05, 0) is 37.1 Å². The maximum Gasteiger partial charge on any atom is 0.313 e. The molecule has 2 aromatic carbocycles. The highest BCUT2D eigenvalue weighted by atomic mass is 32.1. The maximum atomic E-state index is 12.2. The lowest BCUT2D eigenvalue weighted by Crippen LogP contribution is -2.21. The third kappa shape index (κ3) is 4.06. The van der Waals surface area contributed by atoms with E-state index in [1.54, 1.807) is 0 Å². The first-order valence-corrected chi connectivity index (χ1v) is 11.6. The molecular formula is C22H22N4O2S2. The molecule has 0 saturated carbocycles. The van der Waals surface area contributed by atoms with E-state index in [0.717, 1.165) is 46.1 Å². The molecule has 0 aliphatic carbocycles. The first-order chi connectivity index (χ1) is 14.6. The fraction of sp³-hybridized carbons (Fsp3) is 0.273. The standard InChI is InChI=1S/C22H22N4O2S2/c23-19(25-15-9-5-7-11-17(15)29-21(25)27)13-3-1-2-4-14-20(24)26-16-10-6-8-12-18(16)30-22(26)28/h5-12,23-24H,1-4,13-14H2. The van der Waals surface area contributed by atoms with Crippen LogP contribution in [0.5, 0.6) is 0 Å². The summed E-state index contributed by atoms with van der Waals surface area (Å²) < 4.78 is 4.82. The molecule has 0 atom stereocenters. The molecule has 0 radical (unpaired) electrons. The van der Waals surface area contributed by atoms with E-state index in [0.29, 0.717) is 24.5 Å². The van der Waals surface area contributed by atoms with Crippen LogP contribution in [0.15, 0.2) is 58.1 Å². The summed E-state index contributed by atoms with van der Waals surface area (Å²) in [7, 11) is 0. The molecule has 0 unspecified atom stereocenters. The molecular weight excluding hydrogens is 416 g/mol. The second-order valence-electron chi connectivity index (χ2n) is 7.15. The summed E-state index contributed by atoms with van der Waals surface area (Å²) in [5.41, 5.74) is 1.61. The first-order valence-electron chi connectivity index (χ1n) is 9.93. The lowest BCUT2D eigenvalue weighted by molar-refractivity contribution is 0.658. The van der Waals surface area contributed by atoms with Crippen molar-refractivity contribution >= 4 is 54.8 Å². The molecule has 6 nitrogen and oxygen atoms in total. The van der Waals surface area contributed by atoms with Gasteiger partial charge in [0.05, 0.1) is 20.4 Å². The summed E-state index contributed by atoms with van der Waals surface area (Å²) in [6, 6.07) is 15.1. The molecule has 0 aliphatic heterocycles. The molecule has 154 valence electrons. The second kappa shape index (κ2) is 8.89. The van der Waals surface area contributed by atoms with Crippen LogP contribution in [0, 0.1) is 10.8 Å². The van der Waals surface area contributed by atoms with Gasteiger partial charge in [-0.1, -0.05) is 59.8 Å². The van der Waals surface area contributed by atoms with Crippen LogP contribution in [0.3, 0.4) is 0 Å². The van der Waals surface area contributed by atoms with Crippen LogP contribution in [0.25, 0.3) is 20.4 Å². The van der Waals surface area contributed by atoms with Gasteiger partial charge in [0.15, 0.2) is 0 Å². The predicted molar refractivity (Wildman–Crippen MR) is 126 cm³/mol. The monoisotopic (exact) mass is 438 g/mol. The molecule has 2 aromatic heterocycles. The zero-order valence-electron chi connectivity index (χ0n) is 16.4. The number of para-hydroxylation sites is 2. The van der Waals surface area contributed by atoms with Gasteiger partial charge in [0.1, 0.15) is 11.7 Å². The summed E-state index contributed by atoms with van der Waals surface area (Å²) in [6.45, 7) is 0. The highest BCUT2D eigenvalue weighted by Gasteiger charge is 2.12. The largest absolute Gasteiger partial charge is 0.313 e. The van der Waals surface area contributed by atoms with Crippen LogP contribution in [-0.2, 0) is 0 Å². The minimum Gasteiger partial charge on any atom is -0.288 e. The zero-order valence-corrected chi connectivity index (χ0v) is 18.0. The van der Waals surface area contributed by atoms with Crippen molar-refractivity contribution in [1.29, 1.82) is 10.8 Å². The van der Waals surface area contributed by atoms with E-state index in [-0.39, 0.29) is 9.75 Å². The maximum absolute atomic E-state index is 12.2. The Balaban J connectivity index is 1.26. The molecule has 8 heteroatoms. The van der Waals surface area contributed by atoms with Crippen molar-refractivity contribution in [1.82, 2.24) is 9.13 Å². The highest BCUT2D eigenvalue weighted by Crippen LogP contribution is 2.19. The topological polar surface area (TPSA) is 91.7 Å². The van der Waals surface area contributed by atoms with E-state index in [2.05, 4.69) is 0 Å². The van der Waals surface area contributed by atoms with Crippen molar-refractivity contribution in [2.75, 3.05) is 0 Å². The third-order valence-electron chi connectivity index (χ3n) is 5.09. The number of aromatic nitrogens is 2. The van der Waals surface area contributed by atoms with Crippen LogP contribution >= 0.6 is 22.7 Å². The lowest BCUT2D eigenvalue weighted by Gasteiger charge is -2.07. The van der Waals surface area contributed by atoms with Gasteiger partial charge in [-0.25, -0.2) is 0 Å². The molecule has 0 saturated heterocycles. The number of benzene rings is 2. The fourth-order valence-electron chi connectivity index (χ4n) is 3.61. The van der Waals surface area contributed by atoms with Gasteiger partial charge in [-0.2, -0.15) is 0 Å². The molecule has 2 N–H and O–H groups in total. The van der Waals surface area contributed by atoms with E-state index in [4.69, 9.17) is 10.8 Å². The molecule has 0 amide bonds. The first kappa shape index (κ1) is 20.4. The SMILES string of the molecule is N=C(CCCCCCC(=N)n1c(=O)sc2ccccc21)n1c(=O)sc2ccccc21. The van der Waals surface area contributed by atoms with Crippen LogP contribution in [-0.4, -0.2) is 20.8 Å². The number of hydrogen-bond acceptors (Lipinski definition) is 6. The third-order valence-corrected chi connectivity index (χ3v) is 6.93. The number of fused-ring (bicyclic) bond motifs is 2. The van der Waals surface area contributed by atoms with Crippen molar-refractivity contribution in [3.63, 3.8) is 0 Å². The summed E-state index contributed by atoms with van der Waals surface area (Å²) >= 11 is 2.35. The Bertz CT molecular complexity index is 1240. The number of unbranched alkanes of at least 4 members (excludes halogenated alkanes) is 3. The molecule has 2 heterocycles. The van der Waals surface area contributed by atoms with Gasteiger partial charge in [0.25, 0.3) is 0 Å². The molecule has 30 heavy (non-hydrogen) atoms. The molecule has 0 spiro atoms. The Kier molecular flexibility index (Phi) is 6.06. The highest BCUT2D eigenvalue weighted by molar-refractivity contribution is 7.16. The number of rotatable bonds is 7. The molecule has 0 bridgehead atoms. The summed E-state index contributed by atoms with van der Waals surface area (Å²) in [6.07, 6.45) is 4.59. The minimum absolute atomic E-state index is 0.108. The van der Waals surface area contributed by atoms with Gasteiger partial charge in [0, 0.05) is 12.8 Å². The Labute approximate surface area is 181 Å². The van der Waals surface area contributed by atoms with Crippen molar-refractivity contribution in [2.45, 2.75) is 38.5 Å². The normalized spacial score (nSPS) is 11.3. The molecule has 0 aliphatic rings. The second-order valence-corrected chi connectivity index (χ2v) is 9.14. The number of nitrogens with zero attached hydrogens (tertiary/aromatic N) is 2. The molecule has 4 aromatic rings. The van der Waals surface area contributed by atoms with Crippen LogP contribution < -0.4 is 9.75 Å². The van der Waals surface area contributed by atoms with Gasteiger partial charge < -0.3 is 0 Å². The van der Waals surface area contributed by atoms with E-state index < -0.39 is 0 Å².